The monoisotopic (exact) mass is 444 g/mol. The predicted octanol–water partition coefficient (Wildman–Crippen LogP) is 4.67. The van der Waals surface area contributed by atoms with E-state index in [0.717, 1.165) is 5.56 Å². The fourth-order valence-corrected chi connectivity index (χ4v) is 3.97. The molecular weight excluding hydrogens is 416 g/mol. The highest BCUT2D eigenvalue weighted by Crippen LogP contribution is 2.47. The van der Waals surface area contributed by atoms with Crippen LogP contribution in [0.1, 0.15) is 51.5 Å². The number of carbonyl (C=O) groups excluding carboxylic acids is 2. The summed E-state index contributed by atoms with van der Waals surface area (Å²) >= 11 is 0. The number of piperidine rings is 1. The van der Waals surface area contributed by atoms with Crippen molar-refractivity contribution in [2.24, 2.45) is 0 Å². The molecular formula is C22H28F4N2O3. The van der Waals surface area contributed by atoms with E-state index in [2.05, 4.69) is 0 Å². The molecule has 1 heterocycles. The molecule has 172 valence electrons. The average molecular weight is 444 g/mol. The van der Waals surface area contributed by atoms with Crippen molar-refractivity contribution in [3.8, 4) is 0 Å². The first-order valence-electron chi connectivity index (χ1n) is 10.4. The Labute approximate surface area is 179 Å². The molecule has 0 N–H and O–H groups in total. The van der Waals surface area contributed by atoms with Crippen molar-refractivity contribution in [2.75, 3.05) is 19.6 Å². The molecule has 1 aliphatic heterocycles. The van der Waals surface area contributed by atoms with Gasteiger partial charge in [0.25, 0.3) is 0 Å². The average Bonchev–Trinajstić information content (AvgIpc) is 3.45. The lowest BCUT2D eigenvalue weighted by molar-refractivity contribution is -0.188. The zero-order valence-corrected chi connectivity index (χ0v) is 17.9. The fourth-order valence-electron chi connectivity index (χ4n) is 3.97. The van der Waals surface area contributed by atoms with Gasteiger partial charge in [-0.3, -0.25) is 4.79 Å². The highest BCUT2D eigenvalue weighted by atomic mass is 19.4. The molecule has 1 saturated carbocycles. The van der Waals surface area contributed by atoms with Crippen LogP contribution in [0.2, 0.25) is 0 Å². The molecule has 2 amide bonds. The third kappa shape index (κ3) is 5.89. The number of likely N-dealkylation sites (tertiary alicyclic amines) is 1. The topological polar surface area (TPSA) is 49.9 Å². The summed E-state index contributed by atoms with van der Waals surface area (Å²) in [5.74, 6) is -2.25. The molecule has 2 atom stereocenters. The van der Waals surface area contributed by atoms with E-state index < -0.39 is 42.0 Å². The number of benzene rings is 1. The second-order valence-corrected chi connectivity index (χ2v) is 9.37. The van der Waals surface area contributed by atoms with Gasteiger partial charge in [0.05, 0.1) is 6.54 Å². The van der Waals surface area contributed by atoms with Gasteiger partial charge in [0.2, 0.25) is 0 Å². The van der Waals surface area contributed by atoms with Gasteiger partial charge < -0.3 is 14.5 Å². The number of rotatable bonds is 4. The Hall–Kier alpha value is -2.32. The molecule has 2 fully saturated rings. The Bertz CT molecular complexity index is 799. The third-order valence-electron chi connectivity index (χ3n) is 5.65. The van der Waals surface area contributed by atoms with Gasteiger partial charge in [0.15, 0.2) is 0 Å². The molecule has 5 nitrogen and oxygen atoms in total. The van der Waals surface area contributed by atoms with E-state index in [1.54, 1.807) is 51.1 Å². The first kappa shape index (κ1) is 23.3. The first-order chi connectivity index (χ1) is 14.3. The van der Waals surface area contributed by atoms with E-state index in [1.807, 2.05) is 0 Å². The van der Waals surface area contributed by atoms with Crippen LogP contribution in [0.15, 0.2) is 30.3 Å². The van der Waals surface area contributed by atoms with Gasteiger partial charge in [0, 0.05) is 37.9 Å². The van der Waals surface area contributed by atoms with E-state index in [0.29, 0.717) is 11.3 Å². The lowest BCUT2D eigenvalue weighted by atomic mass is 9.92. The Morgan fingerprint density at radius 1 is 1.13 bits per heavy atom. The summed E-state index contributed by atoms with van der Waals surface area (Å²) in [5, 5.41) is 0. The second kappa shape index (κ2) is 8.31. The maximum atomic E-state index is 15.5. The quantitative estimate of drug-likeness (QED) is 0.634. The molecule has 0 aromatic heterocycles. The molecule has 3 rings (SSSR count). The van der Waals surface area contributed by atoms with Crippen LogP contribution < -0.4 is 0 Å². The van der Waals surface area contributed by atoms with Crippen molar-refractivity contribution in [1.29, 1.82) is 0 Å². The summed E-state index contributed by atoms with van der Waals surface area (Å²) in [6, 6.07) is 8.27. The van der Waals surface area contributed by atoms with Crippen LogP contribution in [-0.2, 0) is 9.53 Å². The minimum atomic E-state index is -5.07. The number of hydrogen-bond acceptors (Lipinski definition) is 3. The van der Waals surface area contributed by atoms with E-state index in [1.165, 1.54) is 4.90 Å². The maximum Gasteiger partial charge on any atom is 0.471 e. The van der Waals surface area contributed by atoms with Crippen LogP contribution in [0, 0.1) is 0 Å². The maximum absolute atomic E-state index is 15.5. The molecule has 1 aromatic carbocycles. The number of alkyl halides is 4. The van der Waals surface area contributed by atoms with Crippen LogP contribution in [0.4, 0.5) is 22.4 Å². The molecule has 0 radical (unpaired) electrons. The Balaban J connectivity index is 1.68. The second-order valence-electron chi connectivity index (χ2n) is 9.37. The molecule has 1 saturated heterocycles. The molecule has 31 heavy (non-hydrogen) atoms. The molecule has 0 spiro atoms. The summed E-state index contributed by atoms with van der Waals surface area (Å²) < 4.78 is 60.5. The predicted molar refractivity (Wildman–Crippen MR) is 106 cm³/mol. The Morgan fingerprint density at radius 2 is 1.71 bits per heavy atom. The fraction of sp³-hybridized carbons (Fsp3) is 0.636. The van der Waals surface area contributed by atoms with Crippen molar-refractivity contribution in [3.63, 3.8) is 0 Å². The van der Waals surface area contributed by atoms with Crippen molar-refractivity contribution < 1.29 is 31.9 Å². The number of ether oxygens (including phenoxy) is 1. The van der Waals surface area contributed by atoms with Gasteiger partial charge in [-0.05, 0) is 32.8 Å². The molecule has 2 aliphatic rings. The van der Waals surface area contributed by atoms with E-state index in [-0.39, 0.29) is 31.8 Å². The number of halogens is 4. The van der Waals surface area contributed by atoms with Crippen molar-refractivity contribution in [3.05, 3.63) is 35.9 Å². The van der Waals surface area contributed by atoms with Gasteiger partial charge in [-0.15, -0.1) is 0 Å². The van der Waals surface area contributed by atoms with Crippen LogP contribution in [0.25, 0.3) is 0 Å². The van der Waals surface area contributed by atoms with E-state index >= 15 is 4.39 Å². The number of amides is 2. The van der Waals surface area contributed by atoms with Gasteiger partial charge in [-0.25, -0.2) is 9.18 Å². The highest BCUT2D eigenvalue weighted by Gasteiger charge is 2.54. The molecule has 0 unspecified atom stereocenters. The lowest BCUT2D eigenvalue weighted by Crippen LogP contribution is -2.54. The minimum absolute atomic E-state index is 0.0201. The Morgan fingerprint density at radius 3 is 2.23 bits per heavy atom. The van der Waals surface area contributed by atoms with Crippen LogP contribution >= 0.6 is 0 Å². The lowest BCUT2D eigenvalue weighted by Gasteiger charge is -2.39. The third-order valence-corrected chi connectivity index (χ3v) is 5.65. The number of nitrogens with zero attached hydrogens (tertiary/aromatic N) is 2. The zero-order chi connectivity index (χ0) is 23.0. The summed E-state index contributed by atoms with van der Waals surface area (Å²) in [6.45, 7) is 4.55. The summed E-state index contributed by atoms with van der Waals surface area (Å²) in [6.07, 6.45) is -5.60. The summed E-state index contributed by atoms with van der Waals surface area (Å²) in [5.41, 5.74) is -1.86. The minimum Gasteiger partial charge on any atom is -0.444 e. The van der Waals surface area contributed by atoms with Crippen molar-refractivity contribution in [1.82, 2.24) is 9.80 Å². The van der Waals surface area contributed by atoms with Gasteiger partial charge in [-0.1, -0.05) is 30.3 Å². The van der Waals surface area contributed by atoms with Gasteiger partial charge in [-0.2, -0.15) is 13.2 Å². The Kier molecular flexibility index (Phi) is 6.26. The molecule has 1 aliphatic carbocycles. The van der Waals surface area contributed by atoms with Gasteiger partial charge in [0.1, 0.15) is 11.3 Å². The largest absolute Gasteiger partial charge is 0.471 e. The van der Waals surface area contributed by atoms with Crippen molar-refractivity contribution in [2.45, 2.75) is 69.4 Å². The standard InChI is InChI=1S/C22H28F4N2O3/c1-20(2,3)31-19(30)27-11-9-21(23,10-12-27)14-28(18(29)22(24,25)26)17-13-16(17)15-7-5-4-6-8-15/h4-8,16-17H,9-14H2,1-3H3/t16-,17+/m0/s1. The normalized spacial score (nSPS) is 23.3. The smallest absolute Gasteiger partial charge is 0.444 e. The molecule has 0 bridgehead atoms. The SMILES string of the molecule is CC(C)(C)OC(=O)N1CCC(F)(CN(C(=O)C(F)(F)F)[C@@H]2C[C@H]2c2ccccc2)CC1. The van der Waals surface area contributed by atoms with Crippen LogP contribution in [0.5, 0.6) is 0 Å². The first-order valence-corrected chi connectivity index (χ1v) is 10.4. The van der Waals surface area contributed by atoms with Crippen LogP contribution in [-0.4, -0.2) is 64.9 Å². The van der Waals surface area contributed by atoms with E-state index in [9.17, 15) is 22.8 Å². The highest BCUT2D eigenvalue weighted by molar-refractivity contribution is 5.82. The summed E-state index contributed by atoms with van der Waals surface area (Å²) in [4.78, 5) is 26.3. The number of carbonyl (C=O) groups is 2. The number of hydrogen-bond donors (Lipinski definition) is 0. The van der Waals surface area contributed by atoms with Crippen molar-refractivity contribution >= 4 is 12.0 Å². The molecule has 1 aromatic rings. The zero-order valence-electron chi connectivity index (χ0n) is 17.9. The molecule has 9 heteroatoms. The van der Waals surface area contributed by atoms with Gasteiger partial charge >= 0.3 is 18.2 Å². The summed E-state index contributed by atoms with van der Waals surface area (Å²) in [7, 11) is 0. The van der Waals surface area contributed by atoms with Crippen LogP contribution in [0.3, 0.4) is 0 Å². The van der Waals surface area contributed by atoms with E-state index in [4.69, 9.17) is 4.74 Å².